The third-order valence-electron chi connectivity index (χ3n) is 5.84. The van der Waals surface area contributed by atoms with Gasteiger partial charge in [0.1, 0.15) is 28.7 Å². The Bertz CT molecular complexity index is 1570. The summed E-state index contributed by atoms with van der Waals surface area (Å²) in [5.41, 5.74) is 1.43. The number of aromatic nitrogens is 5. The molecule has 3 aromatic heterocycles. The number of carbonyl (C=O) groups is 1. The Morgan fingerprint density at radius 2 is 1.73 bits per heavy atom. The summed E-state index contributed by atoms with van der Waals surface area (Å²) in [6, 6.07) is 10.6. The zero-order valence-corrected chi connectivity index (χ0v) is 21.2. The zero-order chi connectivity index (χ0) is 26.2. The van der Waals surface area contributed by atoms with Crippen LogP contribution in [0, 0.1) is 0 Å². The molecule has 1 fully saturated rings. The lowest BCUT2D eigenvalue weighted by atomic mass is 9.98. The Morgan fingerprint density at radius 3 is 2.38 bits per heavy atom. The van der Waals surface area contributed by atoms with E-state index in [0.29, 0.717) is 41.2 Å². The molecule has 1 aliphatic rings. The van der Waals surface area contributed by atoms with Crippen molar-refractivity contribution in [3.05, 3.63) is 42.6 Å². The molecule has 3 heterocycles. The van der Waals surface area contributed by atoms with Crippen molar-refractivity contribution in [2.75, 3.05) is 25.5 Å². The van der Waals surface area contributed by atoms with E-state index < -0.39 is 15.3 Å². The lowest BCUT2D eigenvalue weighted by Crippen LogP contribution is -2.39. The molecule has 1 saturated carbocycles. The van der Waals surface area contributed by atoms with Crippen LogP contribution in [0.15, 0.2) is 42.6 Å². The lowest BCUT2D eigenvalue weighted by molar-refractivity contribution is -0.123. The maximum Gasteiger partial charge on any atom is 0.237 e. The first-order chi connectivity index (χ1) is 17.8. The highest BCUT2D eigenvalue weighted by atomic mass is 32.2. The van der Waals surface area contributed by atoms with Gasteiger partial charge < -0.3 is 14.2 Å². The van der Waals surface area contributed by atoms with Gasteiger partial charge in [0.15, 0.2) is 22.9 Å². The number of fused-ring (bicyclic) bond motifs is 1. The van der Waals surface area contributed by atoms with Crippen molar-refractivity contribution in [1.82, 2.24) is 24.5 Å². The number of carbonyl (C=O) groups excluding carboxylic acids is 1. The molecule has 0 amide bonds. The average Bonchev–Trinajstić information content (AvgIpc) is 3.24. The molecule has 37 heavy (non-hydrogen) atoms. The maximum atomic E-state index is 12.7. The molecular weight excluding hydrogens is 500 g/mol. The van der Waals surface area contributed by atoms with Crippen LogP contribution >= 0.6 is 0 Å². The normalized spacial score (nSPS) is 13.9. The highest BCUT2D eigenvalue weighted by molar-refractivity contribution is 7.93. The molecule has 192 valence electrons. The number of Topliss-reactive ketones (excluding diaryl/α,β-unsaturated/α-hetero) is 1. The number of para-hydroxylation sites is 1. The van der Waals surface area contributed by atoms with E-state index in [1.165, 1.54) is 20.4 Å². The number of methoxy groups -OCH3 is 2. The van der Waals surface area contributed by atoms with Gasteiger partial charge in [0.05, 0.1) is 32.3 Å². The van der Waals surface area contributed by atoms with Crippen LogP contribution < -0.4 is 18.9 Å². The van der Waals surface area contributed by atoms with Gasteiger partial charge in [-0.05, 0) is 25.1 Å². The van der Waals surface area contributed by atoms with Gasteiger partial charge in [-0.25, -0.2) is 28.4 Å². The number of rotatable bonds is 9. The largest absolute Gasteiger partial charge is 0.494 e. The summed E-state index contributed by atoms with van der Waals surface area (Å²) in [4.78, 5) is 29.5. The molecule has 0 saturated heterocycles. The molecule has 1 aliphatic carbocycles. The van der Waals surface area contributed by atoms with E-state index in [2.05, 4.69) is 24.7 Å². The highest BCUT2D eigenvalue weighted by Gasteiger charge is 2.38. The number of pyridine rings is 1. The number of benzene rings is 1. The smallest absolute Gasteiger partial charge is 0.237 e. The van der Waals surface area contributed by atoms with Crippen molar-refractivity contribution in [2.24, 2.45) is 0 Å². The fourth-order valence-electron chi connectivity index (χ4n) is 4.00. The number of nitrogens with one attached hydrogen (secondary N) is 1. The third-order valence-corrected chi connectivity index (χ3v) is 7.54. The van der Waals surface area contributed by atoms with E-state index in [1.54, 1.807) is 41.0 Å². The summed E-state index contributed by atoms with van der Waals surface area (Å²) in [7, 11) is -0.772. The fraction of sp³-hybridized carbons (Fsp3) is 0.292. The molecule has 0 radical (unpaired) electrons. The number of sulfonamides is 1. The van der Waals surface area contributed by atoms with E-state index in [4.69, 9.17) is 14.2 Å². The average molecular weight is 525 g/mol. The minimum absolute atomic E-state index is 0.00978. The van der Waals surface area contributed by atoms with E-state index >= 15 is 0 Å². The minimum atomic E-state index is -3.82. The van der Waals surface area contributed by atoms with Gasteiger partial charge in [-0.1, -0.05) is 12.1 Å². The molecule has 1 N–H and O–H groups in total. The molecular formula is C24H24N6O6S. The SMILES string of the molecule is CCOc1cccc(-c2nc3ncc(NS(=O)(=O)C4CC(=O)C4)nc3n2-c2c(OC)cccc2OC)n1. The summed E-state index contributed by atoms with van der Waals surface area (Å²) in [5, 5.41) is -0.794. The van der Waals surface area contributed by atoms with Gasteiger partial charge in [-0.3, -0.25) is 14.1 Å². The number of anilines is 1. The molecule has 4 aromatic rings. The van der Waals surface area contributed by atoms with Gasteiger partial charge in [0.2, 0.25) is 15.9 Å². The van der Waals surface area contributed by atoms with Crippen LogP contribution in [-0.4, -0.2) is 64.8 Å². The second-order valence-electron chi connectivity index (χ2n) is 8.19. The molecule has 0 bridgehead atoms. The standard InChI is InChI=1S/C24H24N6O6S/c1-4-36-20-10-5-7-16(26-20)23-28-22-24(30(23)21-17(34-2)8-6-9-18(21)35-3)27-19(13-25-22)29-37(32,33)15-11-14(31)12-15/h5-10,13,15H,4,11-12H2,1-3H3,(H,27,29). The fourth-order valence-corrected chi connectivity index (χ4v) is 5.37. The number of hydrogen-bond acceptors (Lipinski definition) is 10. The van der Waals surface area contributed by atoms with Crippen LogP contribution in [0.5, 0.6) is 17.4 Å². The molecule has 0 atom stereocenters. The summed E-state index contributed by atoms with van der Waals surface area (Å²) < 4.78 is 46.4. The Balaban J connectivity index is 1.72. The van der Waals surface area contributed by atoms with Crippen LogP contribution in [0.3, 0.4) is 0 Å². The molecule has 5 rings (SSSR count). The van der Waals surface area contributed by atoms with Crippen LogP contribution in [0.1, 0.15) is 19.8 Å². The number of imidazole rings is 1. The van der Waals surface area contributed by atoms with Crippen LogP contribution in [0.4, 0.5) is 5.82 Å². The number of ketones is 1. The Hall–Kier alpha value is -4.26. The summed E-state index contributed by atoms with van der Waals surface area (Å²) >= 11 is 0. The topological polar surface area (TPSA) is 147 Å². The van der Waals surface area contributed by atoms with Crippen molar-refractivity contribution in [1.29, 1.82) is 0 Å². The first kappa shape index (κ1) is 24.4. The highest BCUT2D eigenvalue weighted by Crippen LogP contribution is 2.38. The second kappa shape index (κ2) is 9.65. The molecule has 0 unspecified atom stereocenters. The van der Waals surface area contributed by atoms with Gasteiger partial charge in [0, 0.05) is 18.9 Å². The molecule has 12 nitrogen and oxygen atoms in total. The predicted molar refractivity (Wildman–Crippen MR) is 135 cm³/mol. The monoisotopic (exact) mass is 524 g/mol. The van der Waals surface area contributed by atoms with Crippen molar-refractivity contribution in [3.63, 3.8) is 0 Å². The third kappa shape index (κ3) is 4.53. The van der Waals surface area contributed by atoms with E-state index in [-0.39, 0.29) is 35.7 Å². The summed E-state index contributed by atoms with van der Waals surface area (Å²) in [6.45, 7) is 2.30. The molecule has 0 aliphatic heterocycles. The summed E-state index contributed by atoms with van der Waals surface area (Å²) in [5.74, 6) is 1.59. The molecule has 1 aromatic carbocycles. The van der Waals surface area contributed by atoms with Crippen LogP contribution in [0.2, 0.25) is 0 Å². The van der Waals surface area contributed by atoms with Gasteiger partial charge in [-0.15, -0.1) is 0 Å². The summed E-state index contributed by atoms with van der Waals surface area (Å²) in [6.07, 6.45) is 1.24. The van der Waals surface area contributed by atoms with Crippen molar-refractivity contribution >= 4 is 32.9 Å². The Labute approximate surface area is 212 Å². The van der Waals surface area contributed by atoms with Crippen molar-refractivity contribution < 1.29 is 27.4 Å². The quantitative estimate of drug-likeness (QED) is 0.346. The van der Waals surface area contributed by atoms with Gasteiger partial charge in [0.25, 0.3) is 0 Å². The van der Waals surface area contributed by atoms with Gasteiger partial charge in [-0.2, -0.15) is 0 Å². The lowest BCUT2D eigenvalue weighted by Gasteiger charge is -2.24. The maximum absolute atomic E-state index is 12.7. The molecule has 0 spiro atoms. The van der Waals surface area contributed by atoms with Gasteiger partial charge >= 0.3 is 0 Å². The zero-order valence-electron chi connectivity index (χ0n) is 20.3. The Kier molecular flexibility index (Phi) is 6.38. The first-order valence-electron chi connectivity index (χ1n) is 11.4. The number of hydrogen-bond donors (Lipinski definition) is 1. The first-order valence-corrected chi connectivity index (χ1v) is 13.0. The number of nitrogens with zero attached hydrogens (tertiary/aromatic N) is 5. The minimum Gasteiger partial charge on any atom is -0.494 e. The van der Waals surface area contributed by atoms with Crippen molar-refractivity contribution in [3.8, 4) is 34.6 Å². The van der Waals surface area contributed by atoms with E-state index in [9.17, 15) is 13.2 Å². The van der Waals surface area contributed by atoms with Crippen molar-refractivity contribution in [2.45, 2.75) is 25.0 Å². The molecule has 13 heteroatoms. The second-order valence-corrected chi connectivity index (χ2v) is 10.2. The number of ether oxygens (including phenoxy) is 3. The predicted octanol–water partition coefficient (Wildman–Crippen LogP) is 2.77. The van der Waals surface area contributed by atoms with E-state index in [1.807, 2.05) is 6.92 Å². The van der Waals surface area contributed by atoms with E-state index in [0.717, 1.165) is 0 Å². The van der Waals surface area contributed by atoms with Crippen LogP contribution in [-0.2, 0) is 14.8 Å². The van der Waals surface area contributed by atoms with Crippen LogP contribution in [0.25, 0.3) is 28.5 Å². The Morgan fingerprint density at radius 1 is 1.03 bits per heavy atom.